The average Bonchev–Trinajstić information content (AvgIpc) is 3.76. The van der Waals surface area contributed by atoms with Crippen molar-refractivity contribution in [1.82, 2.24) is 24.8 Å². The lowest BCUT2D eigenvalue weighted by Crippen LogP contribution is -2.56. The molecular weight excluding hydrogens is 686 g/mol. The Bertz CT molecular complexity index is 2150. The summed E-state index contributed by atoms with van der Waals surface area (Å²) in [5.74, 6) is 1.40. The predicted octanol–water partition coefficient (Wildman–Crippen LogP) is 5.57. The first-order chi connectivity index (χ1) is 25.5. The lowest BCUT2D eigenvalue weighted by molar-refractivity contribution is -0.156. The number of pyridine rings is 1. The fourth-order valence-electron chi connectivity index (χ4n) is 8.63. The van der Waals surface area contributed by atoms with E-state index >= 15 is 4.39 Å². The lowest BCUT2D eigenvalue weighted by atomic mass is 9.95. The number of anilines is 1. The second-order valence-electron chi connectivity index (χ2n) is 14.8. The van der Waals surface area contributed by atoms with E-state index < -0.39 is 36.4 Å². The molecule has 0 spiro atoms. The highest BCUT2D eigenvalue weighted by molar-refractivity contribution is 6.02. The first-order valence-electron chi connectivity index (χ1n) is 18.0. The normalized spacial score (nSPS) is 23.8. The number of esters is 1. The number of amides is 1. The van der Waals surface area contributed by atoms with Gasteiger partial charge in [0.25, 0.3) is 0 Å². The zero-order valence-corrected chi connectivity index (χ0v) is 29.6. The number of phenolic OH excluding ortho intramolecular Hbond substituents is 1. The van der Waals surface area contributed by atoms with Gasteiger partial charge in [0.1, 0.15) is 35.6 Å². The van der Waals surface area contributed by atoms with E-state index in [2.05, 4.69) is 20.8 Å². The molecule has 2 unspecified atom stereocenters. The number of terminal acetylenes is 1. The molecule has 0 saturated carbocycles. The van der Waals surface area contributed by atoms with E-state index in [0.717, 1.165) is 19.4 Å². The maximum absolute atomic E-state index is 17.0. The van der Waals surface area contributed by atoms with E-state index in [9.17, 15) is 19.1 Å². The van der Waals surface area contributed by atoms with Gasteiger partial charge in [0.15, 0.2) is 5.82 Å². The molecule has 2 bridgehead atoms. The zero-order chi connectivity index (χ0) is 37.0. The van der Waals surface area contributed by atoms with Gasteiger partial charge < -0.3 is 24.2 Å². The maximum Gasteiger partial charge on any atom is 0.413 e. The minimum atomic E-state index is -0.955. The third kappa shape index (κ3) is 6.20. The van der Waals surface area contributed by atoms with Crippen LogP contribution in [-0.4, -0.2) is 105 Å². The molecule has 12 nitrogen and oxygen atoms in total. The van der Waals surface area contributed by atoms with Gasteiger partial charge in [-0.2, -0.15) is 9.97 Å². The Morgan fingerprint density at radius 1 is 1.13 bits per heavy atom. The van der Waals surface area contributed by atoms with Crippen molar-refractivity contribution < 1.29 is 37.7 Å². The number of aromatic hydroxyl groups is 1. The van der Waals surface area contributed by atoms with E-state index in [4.69, 9.17) is 25.6 Å². The van der Waals surface area contributed by atoms with Gasteiger partial charge in [0.05, 0.1) is 28.9 Å². The Kier molecular flexibility index (Phi) is 8.92. The van der Waals surface area contributed by atoms with Crippen molar-refractivity contribution in [2.75, 3.05) is 44.5 Å². The molecule has 4 fully saturated rings. The van der Waals surface area contributed by atoms with Crippen LogP contribution in [0.4, 0.5) is 19.4 Å². The number of alkyl halides is 1. The van der Waals surface area contributed by atoms with Crippen molar-refractivity contribution in [2.45, 2.75) is 69.7 Å². The number of halogens is 2. The summed E-state index contributed by atoms with van der Waals surface area (Å²) in [4.78, 5) is 44.8. The molecule has 0 radical (unpaired) electrons. The molecule has 1 amide bonds. The van der Waals surface area contributed by atoms with Crippen molar-refractivity contribution in [3.05, 3.63) is 47.9 Å². The molecular formula is C39H40F2N6O6. The van der Waals surface area contributed by atoms with Crippen LogP contribution in [0.5, 0.6) is 11.8 Å². The molecule has 14 heteroatoms. The molecule has 6 heterocycles. The summed E-state index contributed by atoms with van der Waals surface area (Å²) in [6.07, 6.45) is 9.27. The smallest absolute Gasteiger partial charge is 0.413 e. The Balaban J connectivity index is 1.16. The molecule has 4 aliphatic heterocycles. The second kappa shape index (κ2) is 13.6. The number of carbonyl (C=O) groups is 2. The fraction of sp³-hybridized carbons (Fsp3) is 0.462. The van der Waals surface area contributed by atoms with Gasteiger partial charge in [-0.05, 0) is 55.8 Å². The quantitative estimate of drug-likeness (QED) is 0.139. The number of phenols is 1. The minimum absolute atomic E-state index is 0.0404. The van der Waals surface area contributed by atoms with Crippen LogP contribution in [0, 0.1) is 24.1 Å². The highest BCUT2D eigenvalue weighted by Crippen LogP contribution is 2.42. The van der Waals surface area contributed by atoms with Crippen LogP contribution < -0.4 is 9.64 Å². The van der Waals surface area contributed by atoms with E-state index in [1.54, 1.807) is 43.0 Å². The fourth-order valence-corrected chi connectivity index (χ4v) is 8.63. The van der Waals surface area contributed by atoms with Crippen LogP contribution in [0.3, 0.4) is 0 Å². The number of benzene rings is 2. The number of carbonyl (C=O) groups excluding carboxylic acids is 2. The van der Waals surface area contributed by atoms with Crippen molar-refractivity contribution in [2.24, 2.45) is 5.92 Å². The number of nitrogens with zero attached hydrogens (tertiary/aromatic N) is 6. The molecule has 8 rings (SSSR count). The Morgan fingerprint density at radius 3 is 2.68 bits per heavy atom. The minimum Gasteiger partial charge on any atom is -0.508 e. The van der Waals surface area contributed by atoms with Crippen LogP contribution >= 0.6 is 0 Å². The average molecular weight is 727 g/mol. The zero-order valence-electron chi connectivity index (χ0n) is 29.6. The van der Waals surface area contributed by atoms with Crippen LogP contribution in [0.2, 0.25) is 0 Å². The molecule has 0 aliphatic carbocycles. The lowest BCUT2D eigenvalue weighted by Gasteiger charge is -2.41. The van der Waals surface area contributed by atoms with Crippen molar-refractivity contribution in [3.8, 4) is 35.4 Å². The van der Waals surface area contributed by atoms with Crippen LogP contribution in [0.15, 0.2) is 36.5 Å². The topological polar surface area (TPSA) is 130 Å². The first kappa shape index (κ1) is 34.8. The monoisotopic (exact) mass is 726 g/mol. The van der Waals surface area contributed by atoms with Gasteiger partial charge in [-0.25, -0.2) is 13.6 Å². The SMILES string of the molecule is C#Cc1cccc2cc(O)cc(-c3ncc4c(N5CC6CCC(C5)N6C(=O)OCOC(=O)C(C)C)nc(OC[C@@]56CCCN5C[C@H](F)C6)nc4c3F)c12. The van der Waals surface area contributed by atoms with E-state index in [1.807, 2.05) is 4.90 Å². The Morgan fingerprint density at radius 2 is 1.92 bits per heavy atom. The van der Waals surface area contributed by atoms with Crippen LogP contribution in [-0.2, 0) is 14.3 Å². The van der Waals surface area contributed by atoms with Crippen molar-refractivity contribution in [3.63, 3.8) is 0 Å². The van der Waals surface area contributed by atoms with Crippen molar-refractivity contribution >= 4 is 39.6 Å². The number of rotatable bonds is 8. The standard InChI is InChI=1S/C39H40F2N6O6/c1-4-23-7-5-8-24-13-28(48)14-29(31(23)24)33-32(41)34-30(16-42-33)35(44-37(43-34)51-20-39-11-6-12-46(39)17-25(40)15-39)45-18-26-9-10-27(19-45)47(26)38(50)53-21-52-36(49)22(2)3/h1,5,7-8,13-14,16,22,25-27,48H,6,9-12,15,17-21H2,2-3H3/t25-,26?,27?,39+/m1/s1. The Labute approximate surface area is 305 Å². The maximum atomic E-state index is 17.0. The predicted molar refractivity (Wildman–Crippen MR) is 192 cm³/mol. The summed E-state index contributed by atoms with van der Waals surface area (Å²) < 4.78 is 48.3. The molecule has 4 aliphatic rings. The number of fused-ring (bicyclic) bond motifs is 5. The number of ether oxygens (including phenoxy) is 3. The molecule has 276 valence electrons. The summed E-state index contributed by atoms with van der Waals surface area (Å²) in [6, 6.07) is 7.72. The largest absolute Gasteiger partial charge is 0.508 e. The number of piperazine rings is 1. The van der Waals surface area contributed by atoms with Crippen molar-refractivity contribution in [1.29, 1.82) is 0 Å². The van der Waals surface area contributed by atoms with Gasteiger partial charge in [-0.15, -0.1) is 6.42 Å². The van der Waals surface area contributed by atoms with Gasteiger partial charge in [0, 0.05) is 48.8 Å². The summed E-state index contributed by atoms with van der Waals surface area (Å²) in [5, 5.41) is 12.1. The van der Waals surface area contributed by atoms with Gasteiger partial charge in [-0.1, -0.05) is 31.9 Å². The second-order valence-corrected chi connectivity index (χ2v) is 14.8. The highest BCUT2D eigenvalue weighted by atomic mass is 19.1. The van der Waals surface area contributed by atoms with Gasteiger partial charge >= 0.3 is 18.1 Å². The van der Waals surface area contributed by atoms with Gasteiger partial charge in [0.2, 0.25) is 6.79 Å². The van der Waals surface area contributed by atoms with Crippen LogP contribution in [0.25, 0.3) is 32.9 Å². The van der Waals surface area contributed by atoms with E-state index in [-0.39, 0.29) is 47.6 Å². The number of aromatic nitrogens is 3. The first-order valence-corrected chi connectivity index (χ1v) is 18.0. The summed E-state index contributed by atoms with van der Waals surface area (Å²) >= 11 is 0. The molecule has 2 aromatic heterocycles. The number of hydrogen-bond donors (Lipinski definition) is 1. The van der Waals surface area contributed by atoms with E-state index in [1.165, 1.54) is 12.3 Å². The third-order valence-corrected chi connectivity index (χ3v) is 11.1. The molecule has 4 saturated heterocycles. The molecule has 4 aromatic rings. The van der Waals surface area contributed by atoms with Gasteiger partial charge in [-0.3, -0.25) is 19.6 Å². The highest BCUT2D eigenvalue weighted by Gasteiger charge is 2.50. The summed E-state index contributed by atoms with van der Waals surface area (Å²) in [5.41, 5.74) is 0.237. The van der Waals surface area contributed by atoms with Crippen LogP contribution in [0.1, 0.15) is 51.5 Å². The summed E-state index contributed by atoms with van der Waals surface area (Å²) in [7, 11) is 0. The summed E-state index contributed by atoms with van der Waals surface area (Å²) in [6.45, 7) is 4.91. The third-order valence-electron chi connectivity index (χ3n) is 11.1. The number of hydrogen-bond acceptors (Lipinski definition) is 11. The molecule has 1 N–H and O–H groups in total. The molecule has 4 atom stereocenters. The Hall–Kier alpha value is -5.29. The molecule has 2 aromatic carbocycles. The molecule has 53 heavy (non-hydrogen) atoms. The van der Waals surface area contributed by atoms with E-state index in [0.29, 0.717) is 72.0 Å².